The van der Waals surface area contributed by atoms with Gasteiger partial charge in [-0.05, 0) is 33.6 Å². The van der Waals surface area contributed by atoms with Crippen molar-refractivity contribution in [3.8, 4) is 0 Å². The molecule has 7 heteroatoms. The summed E-state index contributed by atoms with van der Waals surface area (Å²) in [5, 5.41) is 0. The Balaban J connectivity index is 2.18. The molecule has 0 aromatic carbocycles. The number of hydrogen-bond acceptors (Lipinski definition) is 4. The Morgan fingerprint density at radius 2 is 1.86 bits per heavy atom. The highest BCUT2D eigenvalue weighted by Crippen LogP contribution is 2.65. The van der Waals surface area contributed by atoms with Crippen LogP contribution in [0.5, 0.6) is 0 Å². The monoisotopic (exact) mass is 305 g/mol. The Morgan fingerprint density at radius 1 is 1.29 bits per heavy atom. The van der Waals surface area contributed by atoms with Crippen LogP contribution in [0.1, 0.15) is 40.0 Å². The van der Waals surface area contributed by atoms with Crippen molar-refractivity contribution in [2.75, 3.05) is 13.7 Å². The molecule has 1 saturated carbocycles. The lowest BCUT2D eigenvalue weighted by Gasteiger charge is -2.38. The number of nitrogens with zero attached hydrogens (tertiary/aromatic N) is 1. The molecule has 0 aromatic heterocycles. The highest BCUT2D eigenvalue weighted by molar-refractivity contribution is 5.82. The summed E-state index contributed by atoms with van der Waals surface area (Å²) in [7, 11) is 1.21. The van der Waals surface area contributed by atoms with Crippen molar-refractivity contribution >= 4 is 12.1 Å². The molecular weight excluding hydrogens is 284 g/mol. The molecule has 2 aliphatic rings. The lowest BCUT2D eigenvalue weighted by Crippen LogP contribution is -2.54. The second kappa shape index (κ2) is 4.81. The molecule has 2 unspecified atom stereocenters. The van der Waals surface area contributed by atoms with Crippen LogP contribution in [-0.4, -0.2) is 48.2 Å². The Labute approximate surface area is 122 Å². The number of halogens is 2. The van der Waals surface area contributed by atoms with Gasteiger partial charge >= 0.3 is 12.1 Å². The molecule has 0 bridgehead atoms. The largest absolute Gasteiger partial charge is 0.467 e. The molecule has 0 aromatic rings. The summed E-state index contributed by atoms with van der Waals surface area (Å²) >= 11 is 0. The van der Waals surface area contributed by atoms with E-state index in [4.69, 9.17) is 4.74 Å². The van der Waals surface area contributed by atoms with Crippen molar-refractivity contribution in [1.82, 2.24) is 4.90 Å². The smallest absolute Gasteiger partial charge is 0.411 e. The number of ether oxygens (including phenoxy) is 2. The van der Waals surface area contributed by atoms with Crippen LogP contribution in [-0.2, 0) is 14.3 Å². The molecule has 120 valence electrons. The summed E-state index contributed by atoms with van der Waals surface area (Å²) in [6.45, 7) is 4.88. The summed E-state index contributed by atoms with van der Waals surface area (Å²) in [6.07, 6.45) is -0.618. The number of carbonyl (C=O) groups excluding carboxylic acids is 2. The quantitative estimate of drug-likeness (QED) is 0.699. The minimum atomic E-state index is -2.77. The number of amides is 1. The maximum absolute atomic E-state index is 13.6. The molecular formula is C14H21F2NO4. The van der Waals surface area contributed by atoms with Gasteiger partial charge in [-0.1, -0.05) is 0 Å². The van der Waals surface area contributed by atoms with E-state index in [1.807, 2.05) is 0 Å². The molecule has 1 aliphatic carbocycles. The average Bonchev–Trinajstić information content (AvgIpc) is 2.86. The zero-order valence-electron chi connectivity index (χ0n) is 12.7. The van der Waals surface area contributed by atoms with E-state index in [0.717, 1.165) is 4.90 Å². The third kappa shape index (κ3) is 2.96. The number of piperidine rings is 1. The molecule has 5 nitrogen and oxygen atoms in total. The molecule has 21 heavy (non-hydrogen) atoms. The highest BCUT2D eigenvalue weighted by atomic mass is 19.3. The van der Waals surface area contributed by atoms with Gasteiger partial charge < -0.3 is 9.47 Å². The summed E-state index contributed by atoms with van der Waals surface area (Å²) < 4.78 is 37.0. The maximum atomic E-state index is 13.6. The Hall–Kier alpha value is -1.40. The minimum absolute atomic E-state index is 0.168. The van der Waals surface area contributed by atoms with E-state index in [2.05, 4.69) is 4.74 Å². The normalized spacial score (nSPS) is 31.0. The van der Waals surface area contributed by atoms with Crippen LogP contribution in [0.2, 0.25) is 0 Å². The van der Waals surface area contributed by atoms with Gasteiger partial charge in [0.25, 0.3) is 5.92 Å². The van der Waals surface area contributed by atoms with E-state index in [-0.39, 0.29) is 25.8 Å². The molecule has 1 heterocycles. The minimum Gasteiger partial charge on any atom is -0.467 e. The second-order valence-electron chi connectivity index (χ2n) is 6.85. The van der Waals surface area contributed by atoms with Crippen molar-refractivity contribution in [3.05, 3.63) is 0 Å². The van der Waals surface area contributed by atoms with E-state index >= 15 is 0 Å². The van der Waals surface area contributed by atoms with Gasteiger partial charge in [-0.3, -0.25) is 4.90 Å². The number of methoxy groups -OCH3 is 1. The van der Waals surface area contributed by atoms with Crippen molar-refractivity contribution in [2.24, 2.45) is 5.41 Å². The average molecular weight is 305 g/mol. The molecule has 2 atom stereocenters. The van der Waals surface area contributed by atoms with Crippen LogP contribution >= 0.6 is 0 Å². The zero-order chi connectivity index (χ0) is 16.1. The molecule has 2 fully saturated rings. The third-order valence-corrected chi connectivity index (χ3v) is 4.06. The highest BCUT2D eigenvalue weighted by Gasteiger charge is 2.73. The Bertz CT molecular complexity index is 460. The molecule has 1 saturated heterocycles. The summed E-state index contributed by atoms with van der Waals surface area (Å²) in [6, 6.07) is -0.855. The Morgan fingerprint density at radius 3 is 2.29 bits per heavy atom. The van der Waals surface area contributed by atoms with Crippen LogP contribution in [0.4, 0.5) is 13.6 Å². The summed E-state index contributed by atoms with van der Waals surface area (Å²) in [5.74, 6) is -3.37. The first-order valence-electron chi connectivity index (χ1n) is 6.97. The first kappa shape index (κ1) is 16.0. The van der Waals surface area contributed by atoms with Gasteiger partial charge in [0.2, 0.25) is 0 Å². The fraction of sp³-hybridized carbons (Fsp3) is 0.857. The van der Waals surface area contributed by atoms with E-state index in [1.54, 1.807) is 20.8 Å². The molecule has 2 rings (SSSR count). The van der Waals surface area contributed by atoms with E-state index < -0.39 is 35.0 Å². The summed E-state index contributed by atoms with van der Waals surface area (Å²) in [5.41, 5.74) is -1.96. The third-order valence-electron chi connectivity index (χ3n) is 4.06. The van der Waals surface area contributed by atoms with E-state index in [0.29, 0.717) is 0 Å². The van der Waals surface area contributed by atoms with Gasteiger partial charge in [0.15, 0.2) is 0 Å². The van der Waals surface area contributed by atoms with Crippen LogP contribution in [0.15, 0.2) is 0 Å². The first-order valence-corrected chi connectivity index (χ1v) is 6.97. The topological polar surface area (TPSA) is 55.8 Å². The molecule has 1 amide bonds. The number of rotatable bonds is 1. The molecule has 0 N–H and O–H groups in total. The fourth-order valence-electron chi connectivity index (χ4n) is 2.80. The van der Waals surface area contributed by atoms with Gasteiger partial charge in [0.1, 0.15) is 11.6 Å². The Kier molecular flexibility index (Phi) is 3.66. The fourth-order valence-corrected chi connectivity index (χ4v) is 2.80. The van der Waals surface area contributed by atoms with Crippen molar-refractivity contribution in [2.45, 2.75) is 57.6 Å². The first-order chi connectivity index (χ1) is 9.51. The SMILES string of the molecule is COC(=O)C1CCC2(CN1C(=O)OC(C)(C)C)CC2(F)F. The zero-order valence-corrected chi connectivity index (χ0v) is 12.7. The molecule has 1 spiro atoms. The predicted molar refractivity (Wildman–Crippen MR) is 70.0 cm³/mol. The summed E-state index contributed by atoms with van der Waals surface area (Å²) in [4.78, 5) is 25.1. The second-order valence-corrected chi connectivity index (χ2v) is 6.85. The predicted octanol–water partition coefficient (Wildman–Crippen LogP) is 2.58. The number of likely N-dealkylation sites (tertiary alicyclic amines) is 1. The number of esters is 1. The van der Waals surface area contributed by atoms with Crippen LogP contribution < -0.4 is 0 Å². The molecule has 0 radical (unpaired) electrons. The lowest BCUT2D eigenvalue weighted by molar-refractivity contribution is -0.149. The van der Waals surface area contributed by atoms with Crippen molar-refractivity contribution in [3.63, 3.8) is 0 Å². The van der Waals surface area contributed by atoms with Gasteiger partial charge in [-0.2, -0.15) is 0 Å². The van der Waals surface area contributed by atoms with Gasteiger partial charge in [0, 0.05) is 13.0 Å². The van der Waals surface area contributed by atoms with Crippen LogP contribution in [0.3, 0.4) is 0 Å². The standard InChI is InChI=1S/C14H21F2NO4/c1-12(2,3)21-11(19)17-8-13(7-14(13,15)16)6-5-9(17)10(18)20-4/h9H,5-8H2,1-4H3. The van der Waals surface area contributed by atoms with Crippen LogP contribution in [0.25, 0.3) is 0 Å². The number of hydrogen-bond donors (Lipinski definition) is 0. The van der Waals surface area contributed by atoms with Gasteiger partial charge in [-0.15, -0.1) is 0 Å². The number of carbonyl (C=O) groups is 2. The van der Waals surface area contributed by atoms with Crippen molar-refractivity contribution < 1.29 is 27.8 Å². The van der Waals surface area contributed by atoms with Gasteiger partial charge in [-0.25, -0.2) is 18.4 Å². The van der Waals surface area contributed by atoms with Gasteiger partial charge in [0.05, 0.1) is 12.5 Å². The van der Waals surface area contributed by atoms with Crippen LogP contribution in [0, 0.1) is 5.41 Å². The lowest BCUT2D eigenvalue weighted by atomic mass is 9.89. The van der Waals surface area contributed by atoms with E-state index in [1.165, 1.54) is 7.11 Å². The molecule has 1 aliphatic heterocycles. The maximum Gasteiger partial charge on any atom is 0.411 e. The number of alkyl halides is 2. The van der Waals surface area contributed by atoms with Crippen molar-refractivity contribution in [1.29, 1.82) is 0 Å². The van der Waals surface area contributed by atoms with E-state index in [9.17, 15) is 18.4 Å².